The third-order valence-electron chi connectivity index (χ3n) is 1.93. The Morgan fingerprint density at radius 3 is 2.87 bits per heavy atom. The Hall–Kier alpha value is -1.13. The number of thiazole rings is 1. The van der Waals surface area contributed by atoms with Gasteiger partial charge in [0.1, 0.15) is 5.82 Å². The molecule has 0 spiro atoms. The van der Waals surface area contributed by atoms with Crippen LogP contribution in [0.5, 0.6) is 0 Å². The molecule has 78 valence electrons. The van der Waals surface area contributed by atoms with Gasteiger partial charge < -0.3 is 5.32 Å². The smallest absolute Gasteiger partial charge is 0.182 e. The zero-order valence-electron chi connectivity index (χ0n) is 7.92. The van der Waals surface area contributed by atoms with Gasteiger partial charge in [-0.2, -0.15) is 0 Å². The van der Waals surface area contributed by atoms with Crippen molar-refractivity contribution in [2.24, 2.45) is 0 Å². The highest BCUT2D eigenvalue weighted by molar-refractivity contribution is 7.14. The van der Waals surface area contributed by atoms with Crippen LogP contribution in [0.3, 0.4) is 0 Å². The third-order valence-corrected chi connectivity index (χ3v) is 3.08. The predicted octanol–water partition coefficient (Wildman–Crippen LogP) is 3.64. The molecule has 2 rings (SSSR count). The van der Waals surface area contributed by atoms with Crippen LogP contribution in [-0.2, 0) is 0 Å². The van der Waals surface area contributed by atoms with Crippen LogP contribution in [0.1, 0.15) is 0 Å². The molecule has 0 radical (unpaired) electrons. The van der Waals surface area contributed by atoms with Crippen LogP contribution in [0.15, 0.2) is 23.6 Å². The SMILES string of the molecule is CNc1nc(-c2ccc(F)c(Cl)c2)cs1. The van der Waals surface area contributed by atoms with E-state index in [1.165, 1.54) is 17.4 Å². The predicted molar refractivity (Wildman–Crippen MR) is 62.1 cm³/mol. The molecule has 15 heavy (non-hydrogen) atoms. The Bertz CT molecular complexity index is 484. The molecule has 0 aliphatic carbocycles. The van der Waals surface area contributed by atoms with Crippen LogP contribution in [-0.4, -0.2) is 12.0 Å². The van der Waals surface area contributed by atoms with Gasteiger partial charge in [-0.05, 0) is 18.2 Å². The van der Waals surface area contributed by atoms with Gasteiger partial charge in [-0.25, -0.2) is 9.37 Å². The molecule has 1 heterocycles. The summed E-state index contributed by atoms with van der Waals surface area (Å²) in [4.78, 5) is 4.30. The minimum absolute atomic E-state index is 0.117. The van der Waals surface area contributed by atoms with Gasteiger partial charge in [0.05, 0.1) is 10.7 Å². The van der Waals surface area contributed by atoms with Crippen molar-refractivity contribution in [3.63, 3.8) is 0 Å². The molecule has 0 aliphatic heterocycles. The average Bonchev–Trinajstić information content (AvgIpc) is 2.70. The molecule has 2 nitrogen and oxygen atoms in total. The molecular formula is C10H8ClFN2S. The van der Waals surface area contributed by atoms with E-state index in [1.807, 2.05) is 5.38 Å². The molecule has 0 aliphatic rings. The minimum Gasteiger partial charge on any atom is -0.365 e. The van der Waals surface area contributed by atoms with Crippen molar-refractivity contribution in [3.05, 3.63) is 34.4 Å². The van der Waals surface area contributed by atoms with Crippen molar-refractivity contribution < 1.29 is 4.39 Å². The molecule has 2 aromatic rings. The molecule has 0 amide bonds. The summed E-state index contributed by atoms with van der Waals surface area (Å²) in [6.07, 6.45) is 0. The molecule has 0 atom stereocenters. The fourth-order valence-electron chi connectivity index (χ4n) is 1.18. The highest BCUT2D eigenvalue weighted by Crippen LogP contribution is 2.27. The van der Waals surface area contributed by atoms with E-state index in [0.717, 1.165) is 16.4 Å². The zero-order valence-corrected chi connectivity index (χ0v) is 9.49. The van der Waals surface area contributed by atoms with Gasteiger partial charge in [0.2, 0.25) is 0 Å². The van der Waals surface area contributed by atoms with Crippen molar-refractivity contribution in [3.8, 4) is 11.3 Å². The second-order valence-electron chi connectivity index (χ2n) is 2.92. The molecule has 0 unspecified atom stereocenters. The van der Waals surface area contributed by atoms with E-state index in [4.69, 9.17) is 11.6 Å². The van der Waals surface area contributed by atoms with E-state index < -0.39 is 5.82 Å². The van der Waals surface area contributed by atoms with Crippen molar-refractivity contribution in [1.29, 1.82) is 0 Å². The molecule has 5 heteroatoms. The van der Waals surface area contributed by atoms with Gasteiger partial charge >= 0.3 is 0 Å². The lowest BCUT2D eigenvalue weighted by Crippen LogP contribution is -1.86. The summed E-state index contributed by atoms with van der Waals surface area (Å²) in [6.45, 7) is 0. The number of aromatic nitrogens is 1. The Morgan fingerprint density at radius 2 is 2.27 bits per heavy atom. The first-order valence-electron chi connectivity index (χ1n) is 4.29. The maximum absolute atomic E-state index is 12.9. The standard InChI is InChI=1S/C10H8ClFN2S/c1-13-10-14-9(5-15-10)6-2-3-8(12)7(11)4-6/h2-5H,1H3,(H,13,14). The lowest BCUT2D eigenvalue weighted by atomic mass is 10.2. The van der Waals surface area contributed by atoms with Gasteiger partial charge in [0.15, 0.2) is 5.13 Å². The van der Waals surface area contributed by atoms with E-state index in [1.54, 1.807) is 19.2 Å². The molecule has 0 bridgehead atoms. The number of anilines is 1. The lowest BCUT2D eigenvalue weighted by Gasteiger charge is -1.98. The van der Waals surface area contributed by atoms with E-state index in [-0.39, 0.29) is 5.02 Å². The summed E-state index contributed by atoms with van der Waals surface area (Å²) in [7, 11) is 1.81. The van der Waals surface area contributed by atoms with Gasteiger partial charge in [0, 0.05) is 18.0 Å². The Kier molecular flexibility index (Phi) is 2.88. The van der Waals surface area contributed by atoms with E-state index in [2.05, 4.69) is 10.3 Å². The Labute approximate surface area is 95.7 Å². The molecule has 0 saturated heterocycles. The summed E-state index contributed by atoms with van der Waals surface area (Å²) < 4.78 is 12.9. The normalized spacial score (nSPS) is 10.3. The average molecular weight is 243 g/mol. The molecular weight excluding hydrogens is 235 g/mol. The number of nitrogens with zero attached hydrogens (tertiary/aromatic N) is 1. The van der Waals surface area contributed by atoms with Crippen LogP contribution >= 0.6 is 22.9 Å². The number of benzene rings is 1. The molecule has 1 N–H and O–H groups in total. The van der Waals surface area contributed by atoms with Crippen LogP contribution in [0.2, 0.25) is 5.02 Å². The van der Waals surface area contributed by atoms with Crippen molar-refractivity contribution in [2.75, 3.05) is 12.4 Å². The van der Waals surface area contributed by atoms with E-state index >= 15 is 0 Å². The number of halogens is 2. The molecule has 1 aromatic heterocycles. The fraction of sp³-hybridized carbons (Fsp3) is 0.100. The Morgan fingerprint density at radius 1 is 1.47 bits per heavy atom. The van der Waals surface area contributed by atoms with Gasteiger partial charge in [-0.15, -0.1) is 11.3 Å². The second-order valence-corrected chi connectivity index (χ2v) is 4.18. The van der Waals surface area contributed by atoms with Crippen molar-refractivity contribution in [2.45, 2.75) is 0 Å². The maximum atomic E-state index is 12.9. The van der Waals surface area contributed by atoms with Crippen LogP contribution in [0.25, 0.3) is 11.3 Å². The summed E-state index contributed by atoms with van der Waals surface area (Å²) in [5, 5.41) is 5.78. The number of rotatable bonds is 2. The molecule has 0 saturated carbocycles. The van der Waals surface area contributed by atoms with E-state index in [9.17, 15) is 4.39 Å². The highest BCUT2D eigenvalue weighted by Gasteiger charge is 2.06. The topological polar surface area (TPSA) is 24.9 Å². The van der Waals surface area contributed by atoms with Crippen LogP contribution in [0, 0.1) is 5.82 Å². The maximum Gasteiger partial charge on any atom is 0.182 e. The first-order chi connectivity index (χ1) is 7.20. The quantitative estimate of drug-likeness (QED) is 0.870. The van der Waals surface area contributed by atoms with Crippen LogP contribution < -0.4 is 5.32 Å². The number of nitrogens with one attached hydrogen (secondary N) is 1. The largest absolute Gasteiger partial charge is 0.365 e. The van der Waals surface area contributed by atoms with E-state index in [0.29, 0.717) is 0 Å². The fourth-order valence-corrected chi connectivity index (χ4v) is 2.04. The highest BCUT2D eigenvalue weighted by atomic mass is 35.5. The number of hydrogen-bond donors (Lipinski definition) is 1. The summed E-state index contributed by atoms with van der Waals surface area (Å²) in [5.41, 5.74) is 1.62. The summed E-state index contributed by atoms with van der Waals surface area (Å²) in [6, 6.07) is 4.58. The molecule has 0 fully saturated rings. The summed E-state index contributed by atoms with van der Waals surface area (Å²) in [5.74, 6) is -0.413. The monoisotopic (exact) mass is 242 g/mol. The van der Waals surface area contributed by atoms with Crippen LogP contribution in [0.4, 0.5) is 9.52 Å². The third kappa shape index (κ3) is 2.11. The van der Waals surface area contributed by atoms with Crippen molar-refractivity contribution >= 4 is 28.1 Å². The zero-order chi connectivity index (χ0) is 10.8. The second kappa shape index (κ2) is 4.16. The van der Waals surface area contributed by atoms with Crippen molar-refractivity contribution in [1.82, 2.24) is 4.98 Å². The summed E-state index contributed by atoms with van der Waals surface area (Å²) >= 11 is 7.18. The first-order valence-corrected chi connectivity index (χ1v) is 5.55. The number of hydrogen-bond acceptors (Lipinski definition) is 3. The Balaban J connectivity index is 2.40. The minimum atomic E-state index is -0.413. The molecule has 1 aromatic carbocycles. The van der Waals surface area contributed by atoms with Gasteiger partial charge in [-0.3, -0.25) is 0 Å². The van der Waals surface area contributed by atoms with Gasteiger partial charge in [0.25, 0.3) is 0 Å². The first kappa shape index (κ1) is 10.4. The van der Waals surface area contributed by atoms with Gasteiger partial charge in [-0.1, -0.05) is 11.6 Å². The lowest BCUT2D eigenvalue weighted by molar-refractivity contribution is 0.628.